The van der Waals surface area contributed by atoms with Gasteiger partial charge in [-0.05, 0) is 25.5 Å². The number of fused-ring (bicyclic) bond motifs is 1. The van der Waals surface area contributed by atoms with Crippen LogP contribution in [-0.4, -0.2) is 4.98 Å². The lowest BCUT2D eigenvalue weighted by Gasteiger charge is -1.94. The van der Waals surface area contributed by atoms with Crippen molar-refractivity contribution in [3.05, 3.63) is 29.2 Å². The molecule has 1 aromatic carbocycles. The number of rotatable bonds is 0. The second-order valence-corrected chi connectivity index (χ2v) is 3.22. The quantitative estimate of drug-likeness (QED) is 0.590. The molecule has 70 valence electrons. The molecular formula is C12H11NO. The lowest BCUT2D eigenvalue weighted by molar-refractivity contribution is 0.559. The van der Waals surface area contributed by atoms with E-state index in [2.05, 4.69) is 16.8 Å². The van der Waals surface area contributed by atoms with E-state index in [4.69, 9.17) is 4.42 Å². The molecule has 0 radical (unpaired) electrons. The van der Waals surface area contributed by atoms with E-state index in [-0.39, 0.29) is 0 Å². The first-order valence-electron chi connectivity index (χ1n) is 4.52. The van der Waals surface area contributed by atoms with Crippen LogP contribution in [0, 0.1) is 25.7 Å². The average Bonchev–Trinajstić information content (AvgIpc) is 2.53. The molecule has 0 aliphatic heterocycles. The molecule has 0 fully saturated rings. The van der Waals surface area contributed by atoms with E-state index in [1.165, 1.54) is 0 Å². The Morgan fingerprint density at radius 3 is 2.79 bits per heavy atom. The first kappa shape index (κ1) is 8.83. The largest absolute Gasteiger partial charge is 0.441 e. The number of aryl methyl sites for hydroxylation is 2. The van der Waals surface area contributed by atoms with E-state index in [0.717, 1.165) is 22.2 Å². The molecule has 2 rings (SSSR count). The van der Waals surface area contributed by atoms with E-state index < -0.39 is 0 Å². The van der Waals surface area contributed by atoms with Gasteiger partial charge in [0, 0.05) is 6.92 Å². The van der Waals surface area contributed by atoms with Gasteiger partial charge in [-0.1, -0.05) is 12.0 Å². The van der Waals surface area contributed by atoms with Crippen molar-refractivity contribution in [2.75, 3.05) is 0 Å². The molecule has 0 aliphatic rings. The molecule has 0 spiro atoms. The predicted octanol–water partition coefficient (Wildman–Crippen LogP) is 2.82. The third-order valence-electron chi connectivity index (χ3n) is 2.11. The number of hydrogen-bond donors (Lipinski definition) is 0. The van der Waals surface area contributed by atoms with Gasteiger partial charge in [0.25, 0.3) is 0 Å². The van der Waals surface area contributed by atoms with Gasteiger partial charge in [0.05, 0.1) is 5.56 Å². The Balaban J connectivity index is 2.85. The zero-order valence-corrected chi connectivity index (χ0v) is 8.51. The zero-order chi connectivity index (χ0) is 10.1. The molecule has 0 unspecified atom stereocenters. The lowest BCUT2D eigenvalue weighted by Crippen LogP contribution is -1.81. The number of nitrogens with zero attached hydrogens (tertiary/aromatic N) is 1. The maximum Gasteiger partial charge on any atom is 0.192 e. The first-order valence-corrected chi connectivity index (χ1v) is 4.52. The van der Waals surface area contributed by atoms with Gasteiger partial charge in [-0.3, -0.25) is 0 Å². The molecule has 0 bridgehead atoms. The highest BCUT2D eigenvalue weighted by atomic mass is 16.3. The molecule has 2 aromatic rings. The SMILES string of the molecule is CC#Cc1ccc(C)c2oc(C)nc12. The van der Waals surface area contributed by atoms with Gasteiger partial charge in [0.15, 0.2) is 11.5 Å². The van der Waals surface area contributed by atoms with Crippen LogP contribution in [0.15, 0.2) is 16.5 Å². The van der Waals surface area contributed by atoms with Crippen LogP contribution >= 0.6 is 0 Å². The Labute approximate surface area is 83.0 Å². The van der Waals surface area contributed by atoms with Gasteiger partial charge >= 0.3 is 0 Å². The lowest BCUT2D eigenvalue weighted by atomic mass is 10.1. The van der Waals surface area contributed by atoms with Gasteiger partial charge in [0.1, 0.15) is 5.52 Å². The smallest absolute Gasteiger partial charge is 0.192 e. The fraction of sp³-hybridized carbons (Fsp3) is 0.250. The fourth-order valence-electron chi connectivity index (χ4n) is 1.48. The molecule has 0 N–H and O–H groups in total. The van der Waals surface area contributed by atoms with Crippen LogP contribution in [0.2, 0.25) is 0 Å². The van der Waals surface area contributed by atoms with Crippen LogP contribution in [0.5, 0.6) is 0 Å². The van der Waals surface area contributed by atoms with Crippen molar-refractivity contribution in [2.24, 2.45) is 0 Å². The van der Waals surface area contributed by atoms with E-state index in [1.807, 2.05) is 32.9 Å². The summed E-state index contributed by atoms with van der Waals surface area (Å²) in [4.78, 5) is 4.32. The van der Waals surface area contributed by atoms with Gasteiger partial charge in [-0.25, -0.2) is 4.98 Å². The molecule has 1 heterocycles. The van der Waals surface area contributed by atoms with Crippen molar-refractivity contribution in [3.63, 3.8) is 0 Å². The average molecular weight is 185 g/mol. The maximum absolute atomic E-state index is 5.51. The molecule has 1 aromatic heterocycles. The summed E-state index contributed by atoms with van der Waals surface area (Å²) in [6, 6.07) is 3.99. The highest BCUT2D eigenvalue weighted by Crippen LogP contribution is 2.22. The molecule has 0 saturated heterocycles. The monoisotopic (exact) mass is 185 g/mol. The summed E-state index contributed by atoms with van der Waals surface area (Å²) in [7, 11) is 0. The summed E-state index contributed by atoms with van der Waals surface area (Å²) in [5.41, 5.74) is 3.76. The van der Waals surface area contributed by atoms with Crippen LogP contribution in [0.25, 0.3) is 11.1 Å². The number of hydrogen-bond acceptors (Lipinski definition) is 2. The van der Waals surface area contributed by atoms with Gasteiger partial charge in [-0.15, -0.1) is 5.92 Å². The van der Waals surface area contributed by atoms with Crippen LogP contribution < -0.4 is 0 Å². The van der Waals surface area contributed by atoms with Crippen molar-refractivity contribution in [1.29, 1.82) is 0 Å². The number of benzene rings is 1. The minimum absolute atomic E-state index is 0.688. The molecular weight excluding hydrogens is 174 g/mol. The van der Waals surface area contributed by atoms with Gasteiger partial charge in [-0.2, -0.15) is 0 Å². The van der Waals surface area contributed by atoms with E-state index in [1.54, 1.807) is 0 Å². The fourth-order valence-corrected chi connectivity index (χ4v) is 1.48. The van der Waals surface area contributed by atoms with E-state index >= 15 is 0 Å². The Kier molecular flexibility index (Phi) is 2.01. The van der Waals surface area contributed by atoms with Crippen molar-refractivity contribution in [2.45, 2.75) is 20.8 Å². The highest BCUT2D eigenvalue weighted by Gasteiger charge is 2.08. The van der Waals surface area contributed by atoms with Crippen molar-refractivity contribution < 1.29 is 4.42 Å². The van der Waals surface area contributed by atoms with Crippen LogP contribution in [0.3, 0.4) is 0 Å². The number of aromatic nitrogens is 1. The third-order valence-corrected chi connectivity index (χ3v) is 2.11. The second kappa shape index (κ2) is 3.19. The summed E-state index contributed by atoms with van der Waals surface area (Å²) in [6.07, 6.45) is 0. The predicted molar refractivity (Wildman–Crippen MR) is 56.0 cm³/mol. The zero-order valence-electron chi connectivity index (χ0n) is 8.51. The molecule has 0 saturated carbocycles. The normalized spacial score (nSPS) is 9.93. The molecule has 2 nitrogen and oxygen atoms in total. The number of oxazole rings is 1. The summed E-state index contributed by atoms with van der Waals surface area (Å²) >= 11 is 0. The molecule has 0 amide bonds. The molecule has 2 heteroatoms. The topological polar surface area (TPSA) is 26.0 Å². The standard InChI is InChI=1S/C12H11NO/c1-4-5-10-7-6-8(2)12-11(10)13-9(3)14-12/h6-7H,1-3H3. The summed E-state index contributed by atoms with van der Waals surface area (Å²) in [5, 5.41) is 0. The van der Waals surface area contributed by atoms with Crippen LogP contribution in [0.1, 0.15) is 23.9 Å². The summed E-state index contributed by atoms with van der Waals surface area (Å²) in [6.45, 7) is 5.68. The van der Waals surface area contributed by atoms with Gasteiger partial charge in [0.2, 0.25) is 0 Å². The third kappa shape index (κ3) is 1.27. The van der Waals surface area contributed by atoms with Crippen LogP contribution in [0.4, 0.5) is 0 Å². The second-order valence-electron chi connectivity index (χ2n) is 3.22. The van der Waals surface area contributed by atoms with Gasteiger partial charge < -0.3 is 4.42 Å². The summed E-state index contributed by atoms with van der Waals surface area (Å²) in [5.74, 6) is 6.58. The Bertz CT molecular complexity index is 540. The Morgan fingerprint density at radius 1 is 1.29 bits per heavy atom. The molecule has 0 atom stereocenters. The van der Waals surface area contributed by atoms with Crippen molar-refractivity contribution in [3.8, 4) is 11.8 Å². The maximum atomic E-state index is 5.51. The van der Waals surface area contributed by atoms with E-state index in [0.29, 0.717) is 5.89 Å². The van der Waals surface area contributed by atoms with Crippen molar-refractivity contribution >= 4 is 11.1 Å². The minimum Gasteiger partial charge on any atom is -0.441 e. The Hall–Kier alpha value is -1.75. The highest BCUT2D eigenvalue weighted by molar-refractivity contribution is 5.82. The first-order chi connectivity index (χ1) is 6.72. The minimum atomic E-state index is 0.688. The van der Waals surface area contributed by atoms with Crippen molar-refractivity contribution in [1.82, 2.24) is 4.98 Å². The Morgan fingerprint density at radius 2 is 2.07 bits per heavy atom. The molecule has 0 aliphatic carbocycles. The van der Waals surface area contributed by atoms with Crippen LogP contribution in [-0.2, 0) is 0 Å². The summed E-state index contributed by atoms with van der Waals surface area (Å²) < 4.78 is 5.51. The molecule has 14 heavy (non-hydrogen) atoms. The van der Waals surface area contributed by atoms with E-state index in [9.17, 15) is 0 Å².